The van der Waals surface area contributed by atoms with Gasteiger partial charge in [-0.15, -0.1) is 0 Å². The molecule has 1 saturated carbocycles. The maximum atomic E-state index is 12.4. The molecular weight excluding hydrogens is 235 g/mol. The predicted molar refractivity (Wildman–Crippen MR) is 55.7 cm³/mol. The molecule has 7 heteroatoms. The van der Waals surface area contributed by atoms with Gasteiger partial charge in [-0.3, -0.25) is 9.78 Å². The van der Waals surface area contributed by atoms with Crippen LogP contribution in [0.1, 0.15) is 31.4 Å². The third kappa shape index (κ3) is 2.98. The van der Waals surface area contributed by atoms with Crippen molar-refractivity contribution in [3.63, 3.8) is 0 Å². The average Bonchev–Trinajstić information content (AvgIpc) is 2.68. The van der Waals surface area contributed by atoms with Crippen molar-refractivity contribution < 1.29 is 13.2 Å². The van der Waals surface area contributed by atoms with E-state index in [2.05, 4.69) is 15.3 Å². The Morgan fingerprint density at radius 2 is 2.00 bits per heavy atom. The standard InChI is InChI=1S/C10H12F3N3O/c11-10(12,13)7-5-8(17)16-9(15-7)14-6-3-1-2-4-6/h5-6H,1-4H2,(H2,14,15,16,17). The fourth-order valence-electron chi connectivity index (χ4n) is 1.93. The van der Waals surface area contributed by atoms with Crippen LogP contribution in [0.3, 0.4) is 0 Å². The molecule has 1 aliphatic carbocycles. The minimum absolute atomic E-state index is 0.0987. The first-order valence-electron chi connectivity index (χ1n) is 5.40. The van der Waals surface area contributed by atoms with Crippen LogP contribution in [0, 0.1) is 0 Å². The highest BCUT2D eigenvalue weighted by Crippen LogP contribution is 2.27. The highest BCUT2D eigenvalue weighted by molar-refractivity contribution is 5.27. The summed E-state index contributed by atoms with van der Waals surface area (Å²) in [7, 11) is 0. The number of anilines is 1. The number of hydrogen-bond acceptors (Lipinski definition) is 3. The Morgan fingerprint density at radius 3 is 2.59 bits per heavy atom. The Bertz CT molecular complexity index is 449. The molecule has 1 aromatic heterocycles. The molecule has 0 saturated heterocycles. The van der Waals surface area contributed by atoms with Gasteiger partial charge in [-0.25, -0.2) is 4.98 Å². The molecule has 0 bridgehead atoms. The maximum Gasteiger partial charge on any atom is 0.433 e. The van der Waals surface area contributed by atoms with Crippen molar-refractivity contribution in [3.05, 3.63) is 22.1 Å². The molecule has 0 aliphatic heterocycles. The Hall–Kier alpha value is -1.53. The summed E-state index contributed by atoms with van der Waals surface area (Å²) in [5.74, 6) is -0.100. The van der Waals surface area contributed by atoms with E-state index in [4.69, 9.17) is 0 Å². The number of aromatic amines is 1. The van der Waals surface area contributed by atoms with Crippen LogP contribution in [0.2, 0.25) is 0 Å². The number of nitrogens with one attached hydrogen (secondary N) is 2. The first-order valence-corrected chi connectivity index (χ1v) is 5.40. The van der Waals surface area contributed by atoms with Gasteiger partial charge in [0.1, 0.15) is 0 Å². The molecule has 2 rings (SSSR count). The Morgan fingerprint density at radius 1 is 1.35 bits per heavy atom. The van der Waals surface area contributed by atoms with Gasteiger partial charge >= 0.3 is 6.18 Å². The molecule has 1 aliphatic rings. The first kappa shape index (κ1) is 11.9. The van der Waals surface area contributed by atoms with Crippen LogP contribution in [-0.2, 0) is 6.18 Å². The van der Waals surface area contributed by atoms with Crippen molar-refractivity contribution in [2.45, 2.75) is 37.9 Å². The molecule has 1 fully saturated rings. The highest BCUT2D eigenvalue weighted by atomic mass is 19.4. The van der Waals surface area contributed by atoms with E-state index in [1.165, 1.54) is 0 Å². The second kappa shape index (κ2) is 4.38. The molecule has 0 unspecified atom stereocenters. The van der Waals surface area contributed by atoms with Crippen molar-refractivity contribution >= 4 is 5.95 Å². The SMILES string of the molecule is O=c1cc(C(F)(F)F)nc(NC2CCCC2)[nH]1. The molecule has 0 aromatic carbocycles. The number of rotatable bonds is 2. The van der Waals surface area contributed by atoms with E-state index in [1.807, 2.05) is 0 Å². The van der Waals surface area contributed by atoms with Gasteiger partial charge in [0, 0.05) is 12.1 Å². The molecule has 0 amide bonds. The van der Waals surface area contributed by atoms with Crippen molar-refractivity contribution in [1.82, 2.24) is 9.97 Å². The van der Waals surface area contributed by atoms with Crippen LogP contribution < -0.4 is 10.9 Å². The van der Waals surface area contributed by atoms with Gasteiger partial charge in [0.2, 0.25) is 5.95 Å². The van der Waals surface area contributed by atoms with E-state index in [0.29, 0.717) is 6.07 Å². The summed E-state index contributed by atoms with van der Waals surface area (Å²) in [6, 6.07) is 0.557. The summed E-state index contributed by atoms with van der Waals surface area (Å²) < 4.78 is 37.3. The zero-order valence-electron chi connectivity index (χ0n) is 8.97. The molecule has 0 radical (unpaired) electrons. The van der Waals surface area contributed by atoms with Gasteiger partial charge in [-0.05, 0) is 12.8 Å². The van der Waals surface area contributed by atoms with Crippen LogP contribution in [0.15, 0.2) is 10.9 Å². The van der Waals surface area contributed by atoms with E-state index in [9.17, 15) is 18.0 Å². The van der Waals surface area contributed by atoms with Gasteiger partial charge in [0.05, 0.1) is 0 Å². The molecule has 2 N–H and O–H groups in total. The number of alkyl halides is 3. The normalized spacial score (nSPS) is 17.4. The molecule has 94 valence electrons. The summed E-state index contributed by atoms with van der Waals surface area (Å²) in [4.78, 5) is 16.7. The smallest absolute Gasteiger partial charge is 0.353 e. The summed E-state index contributed by atoms with van der Waals surface area (Å²) >= 11 is 0. The molecule has 17 heavy (non-hydrogen) atoms. The zero-order valence-corrected chi connectivity index (χ0v) is 8.97. The first-order chi connectivity index (χ1) is 7.95. The van der Waals surface area contributed by atoms with Crippen LogP contribution in [-0.4, -0.2) is 16.0 Å². The topological polar surface area (TPSA) is 57.8 Å². The van der Waals surface area contributed by atoms with E-state index < -0.39 is 17.4 Å². The number of halogens is 3. The lowest BCUT2D eigenvalue weighted by Crippen LogP contribution is -2.23. The van der Waals surface area contributed by atoms with Crippen molar-refractivity contribution in [3.8, 4) is 0 Å². The highest BCUT2D eigenvalue weighted by Gasteiger charge is 2.33. The summed E-state index contributed by atoms with van der Waals surface area (Å²) in [6.45, 7) is 0. The van der Waals surface area contributed by atoms with Crippen molar-refractivity contribution in [2.75, 3.05) is 5.32 Å². The Kier molecular flexibility index (Phi) is 3.08. The molecule has 4 nitrogen and oxygen atoms in total. The van der Waals surface area contributed by atoms with Gasteiger partial charge < -0.3 is 5.32 Å². The van der Waals surface area contributed by atoms with E-state index in [-0.39, 0.29) is 12.0 Å². The minimum Gasteiger partial charge on any atom is -0.353 e. The number of nitrogens with zero attached hydrogens (tertiary/aromatic N) is 1. The summed E-state index contributed by atoms with van der Waals surface area (Å²) in [6.07, 6.45) is -0.734. The van der Waals surface area contributed by atoms with E-state index in [0.717, 1.165) is 25.7 Å². The second-order valence-corrected chi connectivity index (χ2v) is 4.10. The lowest BCUT2D eigenvalue weighted by Gasteiger charge is -2.13. The number of H-pyrrole nitrogens is 1. The lowest BCUT2D eigenvalue weighted by molar-refractivity contribution is -0.141. The third-order valence-electron chi connectivity index (χ3n) is 2.73. The van der Waals surface area contributed by atoms with Crippen LogP contribution in [0.5, 0.6) is 0 Å². The quantitative estimate of drug-likeness (QED) is 0.841. The third-order valence-corrected chi connectivity index (χ3v) is 2.73. The fraction of sp³-hybridized carbons (Fsp3) is 0.600. The number of hydrogen-bond donors (Lipinski definition) is 2. The molecule has 1 aromatic rings. The minimum atomic E-state index is -4.60. The lowest BCUT2D eigenvalue weighted by atomic mass is 10.2. The van der Waals surface area contributed by atoms with Crippen LogP contribution in [0.25, 0.3) is 0 Å². The van der Waals surface area contributed by atoms with Crippen LogP contribution >= 0.6 is 0 Å². The van der Waals surface area contributed by atoms with Gasteiger partial charge in [-0.2, -0.15) is 13.2 Å². The summed E-state index contributed by atoms with van der Waals surface area (Å²) in [5.41, 5.74) is -1.96. The molecule has 0 atom stereocenters. The maximum absolute atomic E-state index is 12.4. The molecule has 1 heterocycles. The van der Waals surface area contributed by atoms with Gasteiger partial charge in [0.15, 0.2) is 5.69 Å². The van der Waals surface area contributed by atoms with Crippen LogP contribution in [0.4, 0.5) is 19.1 Å². The zero-order chi connectivity index (χ0) is 12.5. The predicted octanol–water partition coefficient (Wildman–Crippen LogP) is 2.14. The largest absolute Gasteiger partial charge is 0.433 e. The monoisotopic (exact) mass is 247 g/mol. The fourth-order valence-corrected chi connectivity index (χ4v) is 1.93. The van der Waals surface area contributed by atoms with Crippen molar-refractivity contribution in [2.24, 2.45) is 0 Å². The van der Waals surface area contributed by atoms with Crippen molar-refractivity contribution in [1.29, 1.82) is 0 Å². The second-order valence-electron chi connectivity index (χ2n) is 4.10. The van der Waals surface area contributed by atoms with Gasteiger partial charge in [-0.1, -0.05) is 12.8 Å². The Balaban J connectivity index is 2.22. The average molecular weight is 247 g/mol. The van der Waals surface area contributed by atoms with Gasteiger partial charge in [0.25, 0.3) is 5.56 Å². The molecular formula is C10H12F3N3O. The van der Waals surface area contributed by atoms with E-state index in [1.54, 1.807) is 0 Å². The Labute approximate surface area is 95.3 Å². The van der Waals surface area contributed by atoms with E-state index >= 15 is 0 Å². The molecule has 0 spiro atoms. The summed E-state index contributed by atoms with van der Waals surface area (Å²) in [5, 5.41) is 2.83. The number of aromatic nitrogens is 2.